The number of benzene rings is 1. The van der Waals surface area contributed by atoms with Crippen molar-refractivity contribution >= 4 is 20.9 Å². The van der Waals surface area contributed by atoms with Crippen molar-refractivity contribution in [2.24, 2.45) is 0 Å². The molecule has 0 amide bonds. The van der Waals surface area contributed by atoms with Crippen LogP contribution in [0.5, 0.6) is 5.75 Å². The first-order valence-corrected chi connectivity index (χ1v) is 6.27. The van der Waals surface area contributed by atoms with Gasteiger partial charge in [0.15, 0.2) is 0 Å². The van der Waals surface area contributed by atoms with Crippen molar-refractivity contribution in [3.63, 3.8) is 0 Å². The Morgan fingerprint density at radius 2 is 2.46 bits per heavy atom. The van der Waals surface area contributed by atoms with Crippen LogP contribution >= 0.6 is 0 Å². The van der Waals surface area contributed by atoms with E-state index in [1.807, 2.05) is 0 Å². The van der Waals surface area contributed by atoms with Crippen LogP contribution in [0.2, 0.25) is 0 Å². The van der Waals surface area contributed by atoms with Gasteiger partial charge in [0, 0.05) is 0 Å². The molecule has 1 unspecified atom stereocenters. The molecule has 0 aliphatic carbocycles. The first-order valence-electron chi connectivity index (χ1n) is 4.51. The van der Waals surface area contributed by atoms with E-state index in [0.717, 1.165) is 25.9 Å². The molecule has 2 aliphatic heterocycles. The van der Waals surface area contributed by atoms with E-state index in [4.69, 9.17) is 4.74 Å². The molecule has 3 heteroatoms. The molecule has 1 aromatic rings. The zero-order chi connectivity index (χ0) is 8.84. The van der Waals surface area contributed by atoms with E-state index in [1.165, 1.54) is 24.1 Å². The summed E-state index contributed by atoms with van der Waals surface area (Å²) >= 11 is 0.750. The quantitative estimate of drug-likeness (QED) is 0.543. The third kappa shape index (κ3) is 1.15. The van der Waals surface area contributed by atoms with Gasteiger partial charge in [0.05, 0.1) is 0 Å². The van der Waals surface area contributed by atoms with E-state index < -0.39 is 0 Å². The first-order chi connectivity index (χ1) is 6.38. The van der Waals surface area contributed by atoms with Crippen molar-refractivity contribution in [1.82, 2.24) is 0 Å². The second kappa shape index (κ2) is 2.66. The number of anilines is 1. The number of hydrogen-bond acceptors (Lipinski definition) is 2. The number of nitrogens with zero attached hydrogens (tertiary/aromatic N) is 1. The van der Waals surface area contributed by atoms with E-state index in [0.29, 0.717) is 0 Å². The molecule has 0 saturated carbocycles. The minimum absolute atomic E-state index is 0.750. The van der Waals surface area contributed by atoms with Gasteiger partial charge in [-0.15, -0.1) is 0 Å². The zero-order valence-corrected chi connectivity index (χ0v) is 9.20. The van der Waals surface area contributed by atoms with Gasteiger partial charge in [-0.25, -0.2) is 0 Å². The maximum absolute atomic E-state index is 5.22. The van der Waals surface area contributed by atoms with Gasteiger partial charge in [-0.3, -0.25) is 0 Å². The summed E-state index contributed by atoms with van der Waals surface area (Å²) < 4.78 is 7.75. The number of hydrogen-bond donors (Lipinski definition) is 0. The molecule has 0 aromatic heterocycles. The molecule has 1 aromatic carbocycles. The molecular weight excluding hydrogens is 229 g/mol. The molecule has 1 saturated heterocycles. The standard InChI is InChI=1S/C10H11NOSe/c1-12-8-3-4-9-7(6-8)2-5-10-11(9)13-10/h3-4,6,10H,2,5H2,1H3. The molecule has 13 heavy (non-hydrogen) atoms. The van der Waals surface area contributed by atoms with Crippen molar-refractivity contribution in [1.29, 1.82) is 0 Å². The second-order valence-corrected chi connectivity index (χ2v) is 5.83. The van der Waals surface area contributed by atoms with Crippen molar-refractivity contribution < 1.29 is 4.74 Å². The summed E-state index contributed by atoms with van der Waals surface area (Å²) in [6, 6.07) is 6.45. The van der Waals surface area contributed by atoms with Gasteiger partial charge in [0.25, 0.3) is 0 Å². The summed E-state index contributed by atoms with van der Waals surface area (Å²) in [5, 5.41) is 0. The van der Waals surface area contributed by atoms with Crippen LogP contribution in [0.25, 0.3) is 0 Å². The number of fused-ring (bicyclic) bond motifs is 3. The summed E-state index contributed by atoms with van der Waals surface area (Å²) in [5.41, 5.74) is 2.92. The predicted molar refractivity (Wildman–Crippen MR) is 53.3 cm³/mol. The second-order valence-electron chi connectivity index (χ2n) is 3.42. The van der Waals surface area contributed by atoms with E-state index >= 15 is 0 Å². The third-order valence-corrected chi connectivity index (χ3v) is 5.05. The van der Waals surface area contributed by atoms with Crippen LogP contribution in [-0.4, -0.2) is 27.2 Å². The Morgan fingerprint density at radius 1 is 1.54 bits per heavy atom. The maximum atomic E-state index is 5.22. The Kier molecular flexibility index (Phi) is 1.58. The normalized spacial score (nSPS) is 23.5. The summed E-state index contributed by atoms with van der Waals surface area (Å²) in [4.78, 5) is 0.911. The van der Waals surface area contributed by atoms with Crippen molar-refractivity contribution in [2.75, 3.05) is 11.0 Å². The molecular formula is C10H11NOSe. The molecule has 2 heterocycles. The van der Waals surface area contributed by atoms with E-state index in [2.05, 4.69) is 22.1 Å². The molecule has 2 nitrogen and oxygen atoms in total. The molecule has 0 bridgehead atoms. The average Bonchev–Trinajstić information content (AvgIpc) is 2.95. The predicted octanol–water partition coefficient (Wildman–Crippen LogP) is 1.41. The fourth-order valence-electron chi connectivity index (χ4n) is 1.87. The number of ether oxygens (including phenoxy) is 1. The Balaban J connectivity index is 2.04. The number of rotatable bonds is 1. The number of aryl methyl sites for hydroxylation is 1. The molecule has 2 aliphatic rings. The molecule has 0 spiro atoms. The third-order valence-electron chi connectivity index (χ3n) is 2.64. The molecule has 3 rings (SSSR count). The molecule has 0 radical (unpaired) electrons. The van der Waals surface area contributed by atoms with Gasteiger partial charge in [0.1, 0.15) is 0 Å². The molecule has 1 fully saturated rings. The van der Waals surface area contributed by atoms with Gasteiger partial charge in [0.2, 0.25) is 0 Å². The summed E-state index contributed by atoms with van der Waals surface area (Å²) in [6.45, 7) is 0. The van der Waals surface area contributed by atoms with Gasteiger partial charge in [-0.1, -0.05) is 0 Å². The van der Waals surface area contributed by atoms with Gasteiger partial charge in [-0.2, -0.15) is 0 Å². The topological polar surface area (TPSA) is 12.2 Å². The monoisotopic (exact) mass is 241 g/mol. The Hall–Kier alpha value is -0.661. The fraction of sp³-hybridized carbons (Fsp3) is 0.400. The van der Waals surface area contributed by atoms with Gasteiger partial charge in [-0.05, 0) is 0 Å². The zero-order valence-electron chi connectivity index (χ0n) is 7.49. The Morgan fingerprint density at radius 3 is 3.31 bits per heavy atom. The summed E-state index contributed by atoms with van der Waals surface area (Å²) in [5.74, 6) is 0.992. The SMILES string of the molecule is COc1ccc2c(c1)CCC1[Se]N21. The Labute approximate surface area is 84.2 Å². The average molecular weight is 240 g/mol. The van der Waals surface area contributed by atoms with E-state index in [1.54, 1.807) is 7.11 Å². The van der Waals surface area contributed by atoms with Crippen LogP contribution in [-0.2, 0) is 6.42 Å². The van der Waals surface area contributed by atoms with E-state index in [9.17, 15) is 0 Å². The van der Waals surface area contributed by atoms with Crippen LogP contribution < -0.4 is 8.65 Å². The Bertz CT molecular complexity index is 353. The van der Waals surface area contributed by atoms with Gasteiger partial charge < -0.3 is 0 Å². The van der Waals surface area contributed by atoms with Crippen LogP contribution in [0.1, 0.15) is 12.0 Å². The fourth-order valence-corrected chi connectivity index (χ4v) is 3.84. The summed E-state index contributed by atoms with van der Waals surface area (Å²) in [7, 11) is 1.73. The van der Waals surface area contributed by atoms with Gasteiger partial charge >= 0.3 is 83.9 Å². The van der Waals surface area contributed by atoms with Crippen LogP contribution in [0, 0.1) is 0 Å². The minimum atomic E-state index is 0.750. The van der Waals surface area contributed by atoms with Crippen molar-refractivity contribution in [2.45, 2.75) is 17.8 Å². The van der Waals surface area contributed by atoms with Crippen LogP contribution in [0.3, 0.4) is 0 Å². The number of methoxy groups -OCH3 is 1. The van der Waals surface area contributed by atoms with Crippen LogP contribution in [0.4, 0.5) is 5.69 Å². The molecule has 0 N–H and O–H groups in total. The first kappa shape index (κ1) is 7.72. The summed E-state index contributed by atoms with van der Waals surface area (Å²) in [6.07, 6.45) is 2.58. The molecule has 68 valence electrons. The van der Waals surface area contributed by atoms with E-state index in [-0.39, 0.29) is 0 Å². The van der Waals surface area contributed by atoms with Crippen LogP contribution in [0.15, 0.2) is 18.2 Å². The van der Waals surface area contributed by atoms with Crippen molar-refractivity contribution in [3.8, 4) is 5.75 Å². The van der Waals surface area contributed by atoms with Crippen molar-refractivity contribution in [3.05, 3.63) is 23.8 Å². The molecule has 1 atom stereocenters.